The monoisotopic (exact) mass is 321 g/mol. The van der Waals surface area contributed by atoms with Gasteiger partial charge in [-0.1, -0.05) is 12.1 Å². The van der Waals surface area contributed by atoms with E-state index in [0.29, 0.717) is 13.0 Å². The summed E-state index contributed by atoms with van der Waals surface area (Å²) in [4.78, 5) is 12.3. The quantitative estimate of drug-likeness (QED) is 0.907. The van der Waals surface area contributed by atoms with E-state index in [2.05, 4.69) is 5.32 Å². The van der Waals surface area contributed by atoms with E-state index in [4.69, 9.17) is 9.47 Å². The average Bonchev–Trinajstić information content (AvgIpc) is 2.98. The zero-order chi connectivity index (χ0) is 16.2. The number of rotatable bonds is 5. The number of hydrogen-bond donors (Lipinski definition) is 1. The Bertz CT molecular complexity index is 557. The van der Waals surface area contributed by atoms with Crippen LogP contribution < -0.4 is 5.32 Å². The Morgan fingerprint density at radius 1 is 1.43 bits per heavy atom. The minimum atomic E-state index is -0.530. The van der Waals surface area contributed by atoms with E-state index in [-0.39, 0.29) is 23.9 Å². The van der Waals surface area contributed by atoms with Crippen LogP contribution in [0.5, 0.6) is 0 Å². The lowest BCUT2D eigenvalue weighted by Gasteiger charge is -2.24. The van der Waals surface area contributed by atoms with Gasteiger partial charge in [-0.05, 0) is 56.2 Å². The van der Waals surface area contributed by atoms with Crippen LogP contribution in [0.15, 0.2) is 18.2 Å². The molecular formula is C18H24FNO3. The van der Waals surface area contributed by atoms with Crippen molar-refractivity contribution in [2.75, 3.05) is 13.2 Å². The molecule has 1 heterocycles. The maximum Gasteiger partial charge on any atom is 0.249 e. The lowest BCUT2D eigenvalue weighted by molar-refractivity contribution is -0.136. The topological polar surface area (TPSA) is 47.6 Å². The predicted octanol–water partition coefficient (Wildman–Crippen LogP) is 2.90. The van der Waals surface area contributed by atoms with Crippen LogP contribution in [0, 0.1) is 5.82 Å². The average molecular weight is 321 g/mol. The molecule has 1 amide bonds. The Balaban J connectivity index is 1.50. The molecule has 3 atom stereocenters. The zero-order valence-electron chi connectivity index (χ0n) is 13.5. The summed E-state index contributed by atoms with van der Waals surface area (Å²) in [5.41, 5.74) is 1.61. The largest absolute Gasteiger partial charge is 0.376 e. The minimum Gasteiger partial charge on any atom is -0.376 e. The first-order valence-corrected chi connectivity index (χ1v) is 8.46. The SMILES string of the molecule is C[C@H](OC[C@H]1CCCCO1)C(=O)N[C@@H]1CCc2c(F)cccc21. The maximum absolute atomic E-state index is 13.7. The van der Waals surface area contributed by atoms with Crippen molar-refractivity contribution in [3.63, 3.8) is 0 Å². The highest BCUT2D eigenvalue weighted by atomic mass is 19.1. The number of fused-ring (bicyclic) bond motifs is 1. The molecule has 3 rings (SSSR count). The molecule has 0 spiro atoms. The third-order valence-electron chi connectivity index (χ3n) is 4.71. The predicted molar refractivity (Wildman–Crippen MR) is 84.6 cm³/mol. The molecule has 0 unspecified atom stereocenters. The molecule has 0 aromatic heterocycles. The Morgan fingerprint density at radius 3 is 3.09 bits per heavy atom. The highest BCUT2D eigenvalue weighted by Gasteiger charge is 2.28. The summed E-state index contributed by atoms with van der Waals surface area (Å²) in [6, 6.07) is 4.93. The van der Waals surface area contributed by atoms with E-state index in [9.17, 15) is 9.18 Å². The van der Waals surface area contributed by atoms with Crippen LogP contribution in [0.25, 0.3) is 0 Å². The van der Waals surface area contributed by atoms with Crippen LogP contribution in [-0.2, 0) is 20.7 Å². The van der Waals surface area contributed by atoms with Crippen molar-refractivity contribution in [3.8, 4) is 0 Å². The van der Waals surface area contributed by atoms with E-state index < -0.39 is 6.10 Å². The number of halogens is 1. The summed E-state index contributed by atoms with van der Waals surface area (Å²) in [7, 11) is 0. The molecule has 1 aliphatic heterocycles. The number of ether oxygens (including phenoxy) is 2. The van der Waals surface area contributed by atoms with Gasteiger partial charge in [0.05, 0.1) is 18.8 Å². The first-order valence-electron chi connectivity index (χ1n) is 8.46. The highest BCUT2D eigenvalue weighted by molar-refractivity contribution is 5.81. The first-order chi connectivity index (χ1) is 11.1. The van der Waals surface area contributed by atoms with E-state index in [1.807, 2.05) is 6.07 Å². The number of nitrogens with one attached hydrogen (secondary N) is 1. The first kappa shape index (κ1) is 16.4. The molecule has 1 saturated heterocycles. The highest BCUT2D eigenvalue weighted by Crippen LogP contribution is 2.32. The van der Waals surface area contributed by atoms with Crippen LogP contribution in [0.1, 0.15) is 49.8 Å². The Morgan fingerprint density at radius 2 is 2.30 bits per heavy atom. The number of carbonyl (C=O) groups excluding carboxylic acids is 1. The lowest BCUT2D eigenvalue weighted by atomic mass is 10.1. The molecule has 1 aromatic rings. The van der Waals surface area contributed by atoms with E-state index >= 15 is 0 Å². The minimum absolute atomic E-state index is 0.0975. The summed E-state index contributed by atoms with van der Waals surface area (Å²) in [5, 5.41) is 2.98. The van der Waals surface area contributed by atoms with Gasteiger partial charge < -0.3 is 14.8 Å². The third kappa shape index (κ3) is 3.90. The molecule has 1 aliphatic carbocycles. The Hall–Kier alpha value is -1.46. The van der Waals surface area contributed by atoms with Crippen molar-refractivity contribution < 1.29 is 18.7 Å². The van der Waals surface area contributed by atoms with Crippen molar-refractivity contribution in [1.82, 2.24) is 5.32 Å². The normalized spacial score (nSPS) is 25.0. The summed E-state index contributed by atoms with van der Waals surface area (Å²) in [5.74, 6) is -0.332. The second kappa shape index (κ2) is 7.41. The van der Waals surface area contributed by atoms with Gasteiger partial charge in [0.2, 0.25) is 5.91 Å². The fourth-order valence-corrected chi connectivity index (χ4v) is 3.31. The molecule has 0 radical (unpaired) electrons. The Labute approximate surface area is 136 Å². The van der Waals surface area contributed by atoms with Gasteiger partial charge in [0.25, 0.3) is 0 Å². The summed E-state index contributed by atoms with van der Waals surface area (Å²) in [6.07, 6.45) is 4.21. The zero-order valence-corrected chi connectivity index (χ0v) is 13.5. The van der Waals surface area contributed by atoms with Crippen molar-refractivity contribution in [2.24, 2.45) is 0 Å². The van der Waals surface area contributed by atoms with E-state index in [1.54, 1.807) is 13.0 Å². The van der Waals surface area contributed by atoms with Gasteiger partial charge in [-0.25, -0.2) is 4.39 Å². The number of hydrogen-bond acceptors (Lipinski definition) is 3. The van der Waals surface area contributed by atoms with Crippen LogP contribution in [0.3, 0.4) is 0 Å². The smallest absolute Gasteiger partial charge is 0.249 e. The molecule has 126 valence electrons. The molecule has 1 aromatic carbocycles. The van der Waals surface area contributed by atoms with Crippen molar-refractivity contribution in [2.45, 2.75) is 57.3 Å². The van der Waals surface area contributed by atoms with Gasteiger partial charge in [0, 0.05) is 6.61 Å². The number of carbonyl (C=O) groups is 1. The van der Waals surface area contributed by atoms with Gasteiger partial charge in [0.15, 0.2) is 0 Å². The number of benzene rings is 1. The molecule has 0 saturated carbocycles. The van der Waals surface area contributed by atoms with Gasteiger partial charge in [-0.3, -0.25) is 4.79 Å². The lowest BCUT2D eigenvalue weighted by Crippen LogP contribution is -2.38. The van der Waals surface area contributed by atoms with Crippen molar-refractivity contribution in [3.05, 3.63) is 35.1 Å². The van der Waals surface area contributed by atoms with Gasteiger partial charge in [-0.15, -0.1) is 0 Å². The van der Waals surface area contributed by atoms with Crippen molar-refractivity contribution >= 4 is 5.91 Å². The van der Waals surface area contributed by atoms with Crippen LogP contribution in [0.2, 0.25) is 0 Å². The summed E-state index contributed by atoms with van der Waals surface area (Å²) < 4.78 is 25.0. The van der Waals surface area contributed by atoms with Crippen LogP contribution in [0.4, 0.5) is 4.39 Å². The third-order valence-corrected chi connectivity index (χ3v) is 4.71. The summed E-state index contributed by atoms with van der Waals surface area (Å²) in [6.45, 7) is 2.98. The van der Waals surface area contributed by atoms with Gasteiger partial charge in [0.1, 0.15) is 11.9 Å². The van der Waals surface area contributed by atoms with E-state index in [0.717, 1.165) is 43.4 Å². The maximum atomic E-state index is 13.7. The Kier molecular flexibility index (Phi) is 5.28. The molecule has 1 N–H and O–H groups in total. The summed E-state index contributed by atoms with van der Waals surface area (Å²) >= 11 is 0. The van der Waals surface area contributed by atoms with Gasteiger partial charge >= 0.3 is 0 Å². The molecule has 0 bridgehead atoms. The second-order valence-electron chi connectivity index (χ2n) is 6.37. The standard InChI is InChI=1S/C18H24FNO3/c1-12(23-11-13-5-2-3-10-22-13)18(21)20-17-9-8-14-15(17)6-4-7-16(14)19/h4,6-7,12-13,17H,2-3,5,8-11H2,1H3,(H,20,21)/t12-,13+,17+/m0/s1. The molecule has 23 heavy (non-hydrogen) atoms. The molecule has 5 heteroatoms. The van der Waals surface area contributed by atoms with Crippen LogP contribution in [-0.4, -0.2) is 31.3 Å². The second-order valence-corrected chi connectivity index (χ2v) is 6.37. The fourth-order valence-electron chi connectivity index (χ4n) is 3.31. The van der Waals surface area contributed by atoms with Crippen molar-refractivity contribution in [1.29, 1.82) is 0 Å². The van der Waals surface area contributed by atoms with E-state index in [1.165, 1.54) is 6.07 Å². The molecule has 1 fully saturated rings. The van der Waals surface area contributed by atoms with Crippen LogP contribution >= 0.6 is 0 Å². The number of amides is 1. The van der Waals surface area contributed by atoms with Gasteiger partial charge in [-0.2, -0.15) is 0 Å². The molecular weight excluding hydrogens is 297 g/mol. The molecule has 2 aliphatic rings. The fraction of sp³-hybridized carbons (Fsp3) is 0.611. The molecule has 4 nitrogen and oxygen atoms in total.